The maximum atomic E-state index is 13.2. The largest absolute Gasteiger partial charge is 0.493 e. The highest BCUT2D eigenvalue weighted by atomic mass is 19.1. The monoisotopic (exact) mass is 507 g/mol. The normalized spacial score (nSPS) is 16.6. The maximum Gasteiger partial charge on any atom is 0.240 e. The van der Waals surface area contributed by atoms with Crippen molar-refractivity contribution in [2.45, 2.75) is 12.8 Å². The summed E-state index contributed by atoms with van der Waals surface area (Å²) in [7, 11) is -5.75. The Kier molecular flexibility index (Phi) is 4.68. The van der Waals surface area contributed by atoms with Crippen molar-refractivity contribution < 1.29 is 36.4 Å². The number of fused-ring (bicyclic) bond motifs is 1. The minimum atomic E-state index is -2.88. The van der Waals surface area contributed by atoms with Crippen LogP contribution in [0.25, 0.3) is 10.9 Å². The van der Waals surface area contributed by atoms with Crippen LogP contribution in [-0.4, -0.2) is 30.9 Å². The molecule has 2 N–H and O–H groups in total. The van der Waals surface area contributed by atoms with Crippen LogP contribution in [-0.2, 0) is 9.59 Å². The molecule has 1 saturated carbocycles. The average Bonchev–Trinajstić information content (AvgIpc) is 3.73. The summed E-state index contributed by atoms with van der Waals surface area (Å²) in [6, 6.07) is 15.6. The predicted molar refractivity (Wildman–Crippen MR) is 137 cm³/mol. The smallest absolute Gasteiger partial charge is 0.240 e. The number of carbonyl (C=O) groups excluding carboxylic acids is 2. The van der Waals surface area contributed by atoms with Crippen LogP contribution in [0.4, 0.5) is 15.8 Å². The highest BCUT2D eigenvalue weighted by molar-refractivity contribution is 6.16. The molecule has 4 aromatic rings. The number of nitrogens with one attached hydrogen (secondary N) is 2. The Balaban J connectivity index is 1.31. The van der Waals surface area contributed by atoms with Gasteiger partial charge in [0.25, 0.3) is 0 Å². The molecule has 9 heteroatoms. The number of nitrogens with zero attached hydrogens (tertiary/aromatic N) is 1. The van der Waals surface area contributed by atoms with Gasteiger partial charge in [-0.3, -0.25) is 14.6 Å². The molecule has 1 aromatic heterocycles. The minimum Gasteiger partial charge on any atom is -0.493 e. The predicted octanol–water partition coefficient (Wildman–Crippen LogP) is 5.54. The lowest BCUT2D eigenvalue weighted by Gasteiger charge is -2.16. The fraction of sp³-hybridized carbons (Fsp3) is 0.179. The summed E-state index contributed by atoms with van der Waals surface area (Å²) in [6.07, 6.45) is 2.16. The third-order valence-corrected chi connectivity index (χ3v) is 6.05. The molecule has 1 aliphatic carbocycles. The van der Waals surface area contributed by atoms with E-state index < -0.39 is 37.1 Å². The summed E-state index contributed by atoms with van der Waals surface area (Å²) in [6.45, 7) is 0. The van der Waals surface area contributed by atoms with Gasteiger partial charge < -0.3 is 24.8 Å². The number of carbonyl (C=O) groups is 2. The van der Waals surface area contributed by atoms with E-state index in [9.17, 15) is 14.0 Å². The van der Waals surface area contributed by atoms with E-state index in [1.165, 1.54) is 48.7 Å². The van der Waals surface area contributed by atoms with Crippen LogP contribution in [0.1, 0.15) is 21.1 Å². The van der Waals surface area contributed by atoms with Crippen LogP contribution >= 0.6 is 0 Å². The molecule has 5 rings (SSSR count). The molecule has 0 unspecified atom stereocenters. The molecule has 1 fully saturated rings. The SMILES string of the molecule is [2H]C([2H])([2H])Oc1cc2nccc(Oc3ccc(NC(=O)C4(C(=O)Nc5ccc(F)cc5)CC4)cc3)c2cc1OC([2H])([2H])[2H]. The van der Waals surface area contributed by atoms with Crippen LogP contribution in [0, 0.1) is 11.2 Å². The van der Waals surface area contributed by atoms with Crippen LogP contribution in [0.15, 0.2) is 72.9 Å². The van der Waals surface area contributed by atoms with E-state index >= 15 is 0 Å². The molecular weight excluding hydrogens is 477 g/mol. The molecular formula is C28H24FN3O5. The first kappa shape index (κ1) is 17.7. The topological polar surface area (TPSA) is 98.8 Å². The van der Waals surface area contributed by atoms with Gasteiger partial charge in [0, 0.05) is 29.0 Å². The number of anilines is 2. The summed E-state index contributed by atoms with van der Waals surface area (Å²) < 4.78 is 73.5. The number of benzene rings is 3. The lowest BCUT2D eigenvalue weighted by Crippen LogP contribution is -2.35. The van der Waals surface area contributed by atoms with Crippen molar-refractivity contribution in [1.82, 2.24) is 4.98 Å². The molecule has 0 aliphatic heterocycles. The van der Waals surface area contributed by atoms with Crippen molar-refractivity contribution >= 4 is 34.1 Å². The summed E-state index contributed by atoms with van der Waals surface area (Å²) >= 11 is 0. The summed E-state index contributed by atoms with van der Waals surface area (Å²) in [5, 5.41) is 5.71. The summed E-state index contributed by atoms with van der Waals surface area (Å²) in [5.74, 6) is -1.45. The third-order valence-electron chi connectivity index (χ3n) is 6.05. The fourth-order valence-corrected chi connectivity index (χ4v) is 3.83. The number of amides is 2. The molecule has 3 aromatic carbocycles. The van der Waals surface area contributed by atoms with Crippen molar-refractivity contribution in [2.75, 3.05) is 24.7 Å². The van der Waals surface area contributed by atoms with Crippen molar-refractivity contribution in [2.24, 2.45) is 5.41 Å². The van der Waals surface area contributed by atoms with Gasteiger partial charge in [-0.25, -0.2) is 4.39 Å². The van der Waals surface area contributed by atoms with E-state index in [0.717, 1.165) is 0 Å². The third kappa shape index (κ3) is 4.88. The van der Waals surface area contributed by atoms with Crippen molar-refractivity contribution in [3.8, 4) is 23.0 Å². The van der Waals surface area contributed by atoms with E-state index in [4.69, 9.17) is 22.4 Å². The maximum absolute atomic E-state index is 13.2. The lowest BCUT2D eigenvalue weighted by atomic mass is 10.0. The zero-order valence-corrected chi connectivity index (χ0v) is 19.2. The molecule has 0 atom stereocenters. The Morgan fingerprint density at radius 1 is 0.865 bits per heavy atom. The molecule has 0 bridgehead atoms. The van der Waals surface area contributed by atoms with Crippen molar-refractivity contribution in [3.63, 3.8) is 0 Å². The number of pyridine rings is 1. The Bertz CT molecular complexity index is 1670. The number of aromatic nitrogens is 1. The number of hydrogen-bond donors (Lipinski definition) is 2. The minimum absolute atomic E-state index is 0.256. The van der Waals surface area contributed by atoms with Gasteiger partial charge in [0.1, 0.15) is 22.7 Å². The number of halogens is 1. The van der Waals surface area contributed by atoms with Crippen LogP contribution < -0.4 is 24.8 Å². The highest BCUT2D eigenvalue weighted by Gasteiger charge is 2.56. The second kappa shape index (κ2) is 9.77. The second-order valence-corrected chi connectivity index (χ2v) is 8.45. The molecule has 2 amide bonds. The fourth-order valence-electron chi connectivity index (χ4n) is 3.83. The first-order valence-corrected chi connectivity index (χ1v) is 11.2. The molecule has 1 heterocycles. The Hall–Kier alpha value is -4.66. The van der Waals surface area contributed by atoms with Crippen LogP contribution in [0.3, 0.4) is 0 Å². The van der Waals surface area contributed by atoms with E-state index in [1.54, 1.807) is 24.3 Å². The molecule has 37 heavy (non-hydrogen) atoms. The zero-order valence-electron chi connectivity index (χ0n) is 25.2. The standard InChI is InChI=1S/C28H24FN3O5/c1-35-24-15-21-22(16-25(24)36-2)30-14-11-23(21)37-20-9-7-19(8-10-20)32-27(34)28(12-13-28)26(33)31-18-5-3-17(29)4-6-18/h3-11,14-16H,12-13H2,1-2H3,(H,31,33)(H,32,34)/i1D3,2D3. The van der Waals surface area contributed by atoms with Gasteiger partial charge in [0.2, 0.25) is 11.8 Å². The van der Waals surface area contributed by atoms with Crippen LogP contribution in [0.5, 0.6) is 23.0 Å². The van der Waals surface area contributed by atoms with Gasteiger partial charge in [-0.15, -0.1) is 0 Å². The molecule has 0 radical (unpaired) electrons. The van der Waals surface area contributed by atoms with E-state index in [2.05, 4.69) is 15.6 Å². The van der Waals surface area contributed by atoms with Crippen molar-refractivity contribution in [3.05, 3.63) is 78.7 Å². The Morgan fingerprint density at radius 2 is 1.46 bits per heavy atom. The van der Waals surface area contributed by atoms with Crippen molar-refractivity contribution in [1.29, 1.82) is 0 Å². The van der Waals surface area contributed by atoms with Gasteiger partial charge in [0.05, 0.1) is 27.8 Å². The number of ether oxygens (including phenoxy) is 3. The molecule has 1 aliphatic rings. The molecule has 0 spiro atoms. The quantitative estimate of drug-likeness (QED) is 0.304. The molecule has 188 valence electrons. The van der Waals surface area contributed by atoms with Gasteiger partial charge in [-0.1, -0.05) is 0 Å². The highest BCUT2D eigenvalue weighted by Crippen LogP contribution is 2.47. The van der Waals surface area contributed by atoms with Gasteiger partial charge in [0.15, 0.2) is 11.5 Å². The molecule has 8 nitrogen and oxygen atoms in total. The van der Waals surface area contributed by atoms with Crippen LogP contribution in [0.2, 0.25) is 0 Å². The second-order valence-electron chi connectivity index (χ2n) is 8.45. The van der Waals surface area contributed by atoms with E-state index in [1.807, 2.05) is 0 Å². The summed E-state index contributed by atoms with van der Waals surface area (Å²) in [5.41, 5.74) is -0.172. The van der Waals surface area contributed by atoms with E-state index in [0.29, 0.717) is 35.4 Å². The first-order chi connectivity index (χ1) is 20.2. The average molecular weight is 508 g/mol. The summed E-state index contributed by atoms with van der Waals surface area (Å²) in [4.78, 5) is 30.0. The van der Waals surface area contributed by atoms with Gasteiger partial charge in [-0.2, -0.15) is 0 Å². The van der Waals surface area contributed by atoms with E-state index in [-0.39, 0.29) is 22.8 Å². The zero-order chi connectivity index (χ0) is 31.0. The number of hydrogen-bond acceptors (Lipinski definition) is 6. The molecule has 0 saturated heterocycles. The Labute approximate surface area is 220 Å². The first-order valence-electron chi connectivity index (χ1n) is 14.2. The van der Waals surface area contributed by atoms with Gasteiger partial charge >= 0.3 is 0 Å². The lowest BCUT2D eigenvalue weighted by molar-refractivity contribution is -0.131. The Morgan fingerprint density at radius 3 is 2.05 bits per heavy atom. The van der Waals surface area contributed by atoms with Gasteiger partial charge in [-0.05, 0) is 73.5 Å². The number of rotatable bonds is 8. The number of methoxy groups -OCH3 is 2.